The van der Waals surface area contributed by atoms with E-state index in [1.165, 1.54) is 4.90 Å². The van der Waals surface area contributed by atoms with Crippen molar-refractivity contribution < 1.29 is 9.47 Å². The van der Waals surface area contributed by atoms with E-state index in [0.29, 0.717) is 0 Å². The van der Waals surface area contributed by atoms with Crippen LogP contribution in [0.4, 0.5) is 0 Å². The smallest absolute Gasteiger partial charge is 0.188 e. The Bertz CT molecular complexity index is 1040. The number of rotatable bonds is 6. The van der Waals surface area contributed by atoms with E-state index in [-0.39, 0.29) is 6.79 Å². The molecule has 0 aliphatic carbocycles. The first kappa shape index (κ1) is 17.6. The molecule has 0 saturated carbocycles. The number of benzene rings is 2. The van der Waals surface area contributed by atoms with Gasteiger partial charge in [-0.25, -0.2) is 4.52 Å². The Morgan fingerprint density at radius 2 is 1.67 bits per heavy atom. The number of fused-ring (bicyclic) bond motifs is 1. The van der Waals surface area contributed by atoms with E-state index >= 15 is 0 Å². The molecule has 0 fully saturated rings. The molecule has 0 atom stereocenters. The molecule has 0 radical (unpaired) electrons. The fourth-order valence-corrected chi connectivity index (χ4v) is 3.49. The predicted octanol–water partition coefficient (Wildman–Crippen LogP) is 5.37. The van der Waals surface area contributed by atoms with Crippen LogP contribution in [0.1, 0.15) is 0 Å². The maximum Gasteiger partial charge on any atom is 0.188 e. The number of pyridine rings is 1. The quantitative estimate of drug-likeness (QED) is 0.335. The van der Waals surface area contributed by atoms with E-state index in [2.05, 4.69) is 36.6 Å². The summed E-state index contributed by atoms with van der Waals surface area (Å²) in [6, 6.07) is 22.7. The number of hydrogen-bond donors (Lipinski definition) is 0. The average molecular weight is 376 g/mol. The molecule has 0 amide bonds. The summed E-state index contributed by atoms with van der Waals surface area (Å²) in [5.74, 6) is 0.773. The third-order valence-electron chi connectivity index (χ3n) is 4.39. The van der Waals surface area contributed by atoms with Gasteiger partial charge in [-0.3, -0.25) is 0 Å². The highest BCUT2D eigenvalue weighted by Gasteiger charge is 2.16. The van der Waals surface area contributed by atoms with Crippen LogP contribution in [0.3, 0.4) is 0 Å². The minimum Gasteiger partial charge on any atom is -0.468 e. The van der Waals surface area contributed by atoms with Gasteiger partial charge in [0.25, 0.3) is 0 Å². The maximum atomic E-state index is 5.50. The van der Waals surface area contributed by atoms with Crippen LogP contribution in [0.15, 0.2) is 77.8 Å². The summed E-state index contributed by atoms with van der Waals surface area (Å²) in [5, 5.41) is 4.84. The Morgan fingerprint density at radius 1 is 0.926 bits per heavy atom. The van der Waals surface area contributed by atoms with Gasteiger partial charge < -0.3 is 9.47 Å². The Morgan fingerprint density at radius 3 is 2.37 bits per heavy atom. The third kappa shape index (κ3) is 3.56. The Kier molecular flexibility index (Phi) is 5.14. The number of methoxy groups -OCH3 is 1. The molecular weight excluding hydrogens is 356 g/mol. The third-order valence-corrected chi connectivity index (χ3v) is 5.13. The van der Waals surface area contributed by atoms with Gasteiger partial charge in [0.2, 0.25) is 0 Å². The first-order valence-corrected chi connectivity index (χ1v) is 9.86. The van der Waals surface area contributed by atoms with E-state index in [1.54, 1.807) is 18.9 Å². The lowest BCUT2D eigenvalue weighted by Crippen LogP contribution is -1.98. The van der Waals surface area contributed by atoms with Crippen molar-refractivity contribution in [3.05, 3.63) is 72.9 Å². The molecule has 2 aromatic carbocycles. The van der Waals surface area contributed by atoms with Gasteiger partial charge in [0, 0.05) is 29.3 Å². The number of ether oxygens (including phenoxy) is 2. The molecule has 0 spiro atoms. The first-order chi connectivity index (χ1) is 13.3. The van der Waals surface area contributed by atoms with Gasteiger partial charge in [-0.1, -0.05) is 18.2 Å². The van der Waals surface area contributed by atoms with Crippen molar-refractivity contribution in [3.63, 3.8) is 0 Å². The monoisotopic (exact) mass is 376 g/mol. The van der Waals surface area contributed by atoms with Gasteiger partial charge in [-0.05, 0) is 60.4 Å². The highest BCUT2D eigenvalue weighted by Crippen LogP contribution is 2.36. The van der Waals surface area contributed by atoms with Crippen LogP contribution in [0.2, 0.25) is 0 Å². The van der Waals surface area contributed by atoms with Crippen molar-refractivity contribution in [2.75, 3.05) is 20.2 Å². The second-order valence-corrected chi connectivity index (χ2v) is 6.94. The molecule has 0 aliphatic heterocycles. The molecule has 2 aromatic heterocycles. The molecule has 5 heteroatoms. The lowest BCUT2D eigenvalue weighted by Gasteiger charge is -2.07. The van der Waals surface area contributed by atoms with Crippen LogP contribution in [-0.4, -0.2) is 29.8 Å². The Labute approximate surface area is 162 Å². The van der Waals surface area contributed by atoms with E-state index < -0.39 is 0 Å². The summed E-state index contributed by atoms with van der Waals surface area (Å²) in [5.41, 5.74) is 5.38. The average Bonchev–Trinajstić information content (AvgIpc) is 3.12. The van der Waals surface area contributed by atoms with Gasteiger partial charge in [0.05, 0.1) is 5.52 Å². The zero-order valence-electron chi connectivity index (χ0n) is 15.3. The topological polar surface area (TPSA) is 35.8 Å². The van der Waals surface area contributed by atoms with Gasteiger partial charge in [-0.2, -0.15) is 5.10 Å². The van der Waals surface area contributed by atoms with Crippen molar-refractivity contribution >= 4 is 17.3 Å². The number of aromatic nitrogens is 2. The fourth-order valence-electron chi connectivity index (χ4n) is 3.08. The van der Waals surface area contributed by atoms with Gasteiger partial charge in [0.1, 0.15) is 11.4 Å². The van der Waals surface area contributed by atoms with E-state index in [9.17, 15) is 0 Å². The molecule has 4 rings (SSSR count). The predicted molar refractivity (Wildman–Crippen MR) is 110 cm³/mol. The van der Waals surface area contributed by atoms with Gasteiger partial charge in [0.15, 0.2) is 6.79 Å². The maximum absolute atomic E-state index is 5.50. The van der Waals surface area contributed by atoms with Crippen molar-refractivity contribution in [3.8, 4) is 28.1 Å². The van der Waals surface area contributed by atoms with Crippen LogP contribution in [0.25, 0.3) is 27.9 Å². The summed E-state index contributed by atoms with van der Waals surface area (Å²) >= 11 is 1.74. The second kappa shape index (κ2) is 7.86. The standard InChI is InChI=1S/C22H20N2O2S/c1-25-15-26-18-10-6-17(7-11-18)22-21(16-8-12-19(27-2)13-9-16)20-5-3-4-14-24(20)23-22/h3-14H,15H2,1-2H3. The number of thioether (sulfide) groups is 1. The molecule has 0 N–H and O–H groups in total. The molecule has 0 bridgehead atoms. The number of hydrogen-bond acceptors (Lipinski definition) is 4. The largest absolute Gasteiger partial charge is 0.468 e. The summed E-state index contributed by atoms with van der Waals surface area (Å²) in [6.45, 7) is 0.237. The van der Waals surface area contributed by atoms with Crippen molar-refractivity contribution in [2.45, 2.75) is 4.90 Å². The van der Waals surface area contributed by atoms with Gasteiger partial charge in [-0.15, -0.1) is 11.8 Å². The van der Waals surface area contributed by atoms with E-state index in [0.717, 1.165) is 33.7 Å². The summed E-state index contributed by atoms with van der Waals surface area (Å²) < 4.78 is 12.4. The molecule has 4 nitrogen and oxygen atoms in total. The Balaban J connectivity index is 1.82. The summed E-state index contributed by atoms with van der Waals surface area (Å²) in [7, 11) is 1.61. The molecule has 0 aliphatic rings. The minimum atomic E-state index is 0.237. The fraction of sp³-hybridized carbons (Fsp3) is 0.136. The van der Waals surface area contributed by atoms with E-state index in [1.807, 2.05) is 47.1 Å². The van der Waals surface area contributed by atoms with Crippen LogP contribution in [0.5, 0.6) is 5.75 Å². The highest BCUT2D eigenvalue weighted by atomic mass is 32.2. The van der Waals surface area contributed by atoms with Crippen LogP contribution in [-0.2, 0) is 4.74 Å². The molecule has 27 heavy (non-hydrogen) atoms. The van der Waals surface area contributed by atoms with Crippen LogP contribution in [0, 0.1) is 0 Å². The van der Waals surface area contributed by atoms with Gasteiger partial charge >= 0.3 is 0 Å². The first-order valence-electron chi connectivity index (χ1n) is 8.64. The summed E-state index contributed by atoms with van der Waals surface area (Å²) in [4.78, 5) is 1.25. The number of nitrogens with zero attached hydrogens (tertiary/aromatic N) is 2. The SMILES string of the molecule is COCOc1ccc(-c2nn3ccccc3c2-c2ccc(SC)cc2)cc1. The lowest BCUT2D eigenvalue weighted by molar-refractivity contribution is 0.0511. The molecule has 4 aromatic rings. The highest BCUT2D eigenvalue weighted by molar-refractivity contribution is 7.98. The van der Waals surface area contributed by atoms with Crippen LogP contribution < -0.4 is 4.74 Å². The van der Waals surface area contributed by atoms with Crippen LogP contribution >= 0.6 is 11.8 Å². The van der Waals surface area contributed by atoms with Crippen molar-refractivity contribution in [1.29, 1.82) is 0 Å². The van der Waals surface area contributed by atoms with Crippen molar-refractivity contribution in [2.24, 2.45) is 0 Å². The van der Waals surface area contributed by atoms with E-state index in [4.69, 9.17) is 14.6 Å². The normalized spacial score (nSPS) is 11.0. The zero-order valence-corrected chi connectivity index (χ0v) is 16.1. The second-order valence-electron chi connectivity index (χ2n) is 6.06. The van der Waals surface area contributed by atoms with Crippen molar-refractivity contribution in [1.82, 2.24) is 9.61 Å². The lowest BCUT2D eigenvalue weighted by atomic mass is 10.00. The Hall–Kier alpha value is -2.76. The molecular formula is C22H20N2O2S. The molecule has 0 unspecified atom stereocenters. The summed E-state index contributed by atoms with van der Waals surface area (Å²) in [6.07, 6.45) is 4.07. The molecule has 0 saturated heterocycles. The molecule has 2 heterocycles. The molecule has 136 valence electrons. The zero-order chi connectivity index (χ0) is 18.6. The minimum absolute atomic E-state index is 0.237.